The number of methoxy groups -OCH3 is 1. The molecule has 0 amide bonds. The second-order valence-electron chi connectivity index (χ2n) is 4.43. The van der Waals surface area contributed by atoms with E-state index in [0.29, 0.717) is 12.1 Å². The Morgan fingerprint density at radius 2 is 1.90 bits per heavy atom. The summed E-state index contributed by atoms with van der Waals surface area (Å²) in [6.07, 6.45) is 0. The van der Waals surface area contributed by atoms with Gasteiger partial charge in [0.25, 0.3) is 0 Å². The van der Waals surface area contributed by atoms with Gasteiger partial charge in [0.15, 0.2) is 0 Å². The molecule has 0 aliphatic heterocycles. The van der Waals surface area contributed by atoms with Crippen LogP contribution in [0.15, 0.2) is 36.4 Å². The van der Waals surface area contributed by atoms with E-state index in [1.807, 2.05) is 13.0 Å². The van der Waals surface area contributed by atoms with Crippen LogP contribution in [-0.4, -0.2) is 13.7 Å². The standard InChI is InChI=1S/C16H17F2NO/c1-3-19-10-12-8-11(4-7-16(12)20-2)14-9-13(17)5-6-15(14)18/h4-9,19H,3,10H2,1-2H3. The van der Waals surface area contributed by atoms with Crippen LogP contribution in [0.2, 0.25) is 0 Å². The third-order valence-electron chi connectivity index (χ3n) is 3.09. The van der Waals surface area contributed by atoms with Crippen molar-refractivity contribution in [2.24, 2.45) is 0 Å². The van der Waals surface area contributed by atoms with Crippen LogP contribution in [0.1, 0.15) is 12.5 Å². The lowest BCUT2D eigenvalue weighted by Gasteiger charge is -2.12. The molecule has 0 spiro atoms. The molecule has 0 radical (unpaired) electrons. The summed E-state index contributed by atoms with van der Waals surface area (Å²) in [6.45, 7) is 3.44. The van der Waals surface area contributed by atoms with Crippen molar-refractivity contribution >= 4 is 0 Å². The third-order valence-corrected chi connectivity index (χ3v) is 3.09. The van der Waals surface area contributed by atoms with E-state index >= 15 is 0 Å². The third kappa shape index (κ3) is 3.14. The Labute approximate surface area is 117 Å². The monoisotopic (exact) mass is 277 g/mol. The Bertz CT molecular complexity index is 599. The lowest BCUT2D eigenvalue weighted by molar-refractivity contribution is 0.408. The van der Waals surface area contributed by atoms with Crippen LogP contribution in [0.25, 0.3) is 11.1 Å². The normalized spacial score (nSPS) is 10.6. The average molecular weight is 277 g/mol. The number of rotatable bonds is 5. The molecule has 0 aliphatic rings. The maximum atomic E-state index is 13.8. The molecule has 1 N–H and O–H groups in total. The quantitative estimate of drug-likeness (QED) is 0.898. The first kappa shape index (κ1) is 14.5. The van der Waals surface area contributed by atoms with Crippen molar-refractivity contribution in [1.29, 1.82) is 0 Å². The Hall–Kier alpha value is -1.94. The number of hydrogen-bond acceptors (Lipinski definition) is 2. The maximum absolute atomic E-state index is 13.8. The Kier molecular flexibility index (Phi) is 4.69. The Morgan fingerprint density at radius 1 is 1.10 bits per heavy atom. The molecule has 2 aromatic carbocycles. The van der Waals surface area contributed by atoms with Gasteiger partial charge in [0.1, 0.15) is 17.4 Å². The van der Waals surface area contributed by atoms with Crippen molar-refractivity contribution in [2.45, 2.75) is 13.5 Å². The molecule has 0 heterocycles. The molecule has 20 heavy (non-hydrogen) atoms. The fourth-order valence-electron chi connectivity index (χ4n) is 2.06. The summed E-state index contributed by atoms with van der Waals surface area (Å²) in [6, 6.07) is 8.77. The van der Waals surface area contributed by atoms with Crippen LogP contribution in [0.5, 0.6) is 5.75 Å². The molecule has 4 heteroatoms. The molecule has 0 saturated carbocycles. The van der Waals surface area contributed by atoms with Gasteiger partial charge in [-0.25, -0.2) is 8.78 Å². The van der Waals surface area contributed by atoms with E-state index in [4.69, 9.17) is 4.74 Å². The first-order chi connectivity index (χ1) is 9.65. The van der Waals surface area contributed by atoms with Crippen molar-refractivity contribution in [2.75, 3.05) is 13.7 Å². The van der Waals surface area contributed by atoms with Gasteiger partial charge in [0.2, 0.25) is 0 Å². The predicted molar refractivity (Wildman–Crippen MR) is 75.7 cm³/mol. The largest absolute Gasteiger partial charge is 0.496 e. The minimum absolute atomic E-state index is 0.255. The van der Waals surface area contributed by atoms with E-state index < -0.39 is 11.6 Å². The van der Waals surface area contributed by atoms with Crippen LogP contribution >= 0.6 is 0 Å². The molecule has 0 fully saturated rings. The highest BCUT2D eigenvalue weighted by Gasteiger charge is 2.10. The van der Waals surface area contributed by atoms with E-state index in [-0.39, 0.29) is 5.56 Å². The molecule has 0 saturated heterocycles. The zero-order chi connectivity index (χ0) is 14.5. The SMILES string of the molecule is CCNCc1cc(-c2cc(F)ccc2F)ccc1OC. The number of ether oxygens (including phenoxy) is 1. The van der Waals surface area contributed by atoms with Crippen molar-refractivity contribution in [3.63, 3.8) is 0 Å². The molecule has 106 valence electrons. The minimum Gasteiger partial charge on any atom is -0.496 e. The fourth-order valence-corrected chi connectivity index (χ4v) is 2.06. The van der Waals surface area contributed by atoms with Crippen molar-refractivity contribution in [3.8, 4) is 16.9 Å². The second kappa shape index (κ2) is 6.48. The van der Waals surface area contributed by atoms with Crippen LogP contribution < -0.4 is 10.1 Å². The molecule has 0 aromatic heterocycles. The molecule has 2 aromatic rings. The van der Waals surface area contributed by atoms with Crippen LogP contribution in [0.4, 0.5) is 8.78 Å². The van der Waals surface area contributed by atoms with Gasteiger partial charge in [0, 0.05) is 17.7 Å². The lowest BCUT2D eigenvalue weighted by Crippen LogP contribution is -2.12. The molecular weight excluding hydrogens is 260 g/mol. The Balaban J connectivity index is 2.44. The van der Waals surface area contributed by atoms with Crippen molar-refractivity contribution < 1.29 is 13.5 Å². The highest BCUT2D eigenvalue weighted by atomic mass is 19.1. The predicted octanol–water partition coefficient (Wildman–Crippen LogP) is 3.75. The number of benzene rings is 2. The van der Waals surface area contributed by atoms with Gasteiger partial charge in [0.05, 0.1) is 7.11 Å². The molecule has 0 aliphatic carbocycles. The summed E-state index contributed by atoms with van der Waals surface area (Å²) in [4.78, 5) is 0. The second-order valence-corrected chi connectivity index (χ2v) is 4.43. The summed E-state index contributed by atoms with van der Waals surface area (Å²) in [5.41, 5.74) is 1.80. The summed E-state index contributed by atoms with van der Waals surface area (Å²) in [5.74, 6) is -0.164. The topological polar surface area (TPSA) is 21.3 Å². The molecule has 2 rings (SSSR count). The highest BCUT2D eigenvalue weighted by Crippen LogP contribution is 2.29. The number of halogens is 2. The van der Waals surface area contributed by atoms with Crippen LogP contribution in [0.3, 0.4) is 0 Å². The van der Waals surface area contributed by atoms with Gasteiger partial charge in [-0.05, 0) is 42.4 Å². The van der Waals surface area contributed by atoms with Crippen molar-refractivity contribution in [1.82, 2.24) is 5.32 Å². The highest BCUT2D eigenvalue weighted by molar-refractivity contribution is 5.66. The minimum atomic E-state index is -0.453. The van der Waals surface area contributed by atoms with Gasteiger partial charge in [-0.1, -0.05) is 13.0 Å². The van der Waals surface area contributed by atoms with Gasteiger partial charge in [-0.3, -0.25) is 0 Å². The van der Waals surface area contributed by atoms with E-state index in [1.165, 1.54) is 6.07 Å². The van der Waals surface area contributed by atoms with Crippen molar-refractivity contribution in [3.05, 3.63) is 53.6 Å². The first-order valence-corrected chi connectivity index (χ1v) is 6.48. The summed E-state index contributed by atoms with van der Waals surface area (Å²) in [5, 5.41) is 3.20. The molecular formula is C16H17F2NO. The zero-order valence-corrected chi connectivity index (χ0v) is 11.5. The van der Waals surface area contributed by atoms with E-state index in [2.05, 4.69) is 5.32 Å². The Morgan fingerprint density at radius 3 is 2.60 bits per heavy atom. The smallest absolute Gasteiger partial charge is 0.131 e. The van der Waals surface area contributed by atoms with E-state index in [0.717, 1.165) is 30.0 Å². The average Bonchev–Trinajstić information content (AvgIpc) is 2.47. The summed E-state index contributed by atoms with van der Waals surface area (Å²) in [7, 11) is 1.59. The number of nitrogens with one attached hydrogen (secondary N) is 1. The van der Waals surface area contributed by atoms with E-state index in [9.17, 15) is 8.78 Å². The van der Waals surface area contributed by atoms with Gasteiger partial charge in [-0.2, -0.15) is 0 Å². The summed E-state index contributed by atoms with van der Waals surface area (Å²) < 4.78 is 32.4. The maximum Gasteiger partial charge on any atom is 0.131 e. The van der Waals surface area contributed by atoms with Crippen LogP contribution in [0, 0.1) is 11.6 Å². The molecule has 2 nitrogen and oxygen atoms in total. The van der Waals surface area contributed by atoms with E-state index in [1.54, 1.807) is 19.2 Å². The lowest BCUT2D eigenvalue weighted by atomic mass is 10.0. The molecule has 0 bridgehead atoms. The van der Waals surface area contributed by atoms with Crippen LogP contribution in [-0.2, 0) is 6.54 Å². The molecule has 0 unspecified atom stereocenters. The molecule has 0 atom stereocenters. The summed E-state index contributed by atoms with van der Waals surface area (Å²) >= 11 is 0. The van der Waals surface area contributed by atoms with Gasteiger partial charge < -0.3 is 10.1 Å². The fraction of sp³-hybridized carbons (Fsp3) is 0.250. The first-order valence-electron chi connectivity index (χ1n) is 6.48. The zero-order valence-electron chi connectivity index (χ0n) is 11.5. The van der Waals surface area contributed by atoms with Gasteiger partial charge >= 0.3 is 0 Å². The number of hydrogen-bond donors (Lipinski definition) is 1. The van der Waals surface area contributed by atoms with Gasteiger partial charge in [-0.15, -0.1) is 0 Å².